The van der Waals surface area contributed by atoms with Crippen molar-refractivity contribution in [2.75, 3.05) is 6.61 Å². The largest absolute Gasteiger partial charge is 0.490 e. The maximum absolute atomic E-state index is 14.9. The summed E-state index contributed by atoms with van der Waals surface area (Å²) in [5, 5.41) is 0. The first-order valence-corrected chi connectivity index (χ1v) is 14.5. The predicted octanol–water partition coefficient (Wildman–Crippen LogP) is 10.0. The van der Waals surface area contributed by atoms with Crippen LogP contribution < -0.4 is 4.74 Å². The Morgan fingerprint density at radius 1 is 0.649 bits per heavy atom. The second-order valence-corrected chi connectivity index (χ2v) is 11.4. The summed E-state index contributed by atoms with van der Waals surface area (Å²) in [6, 6.07) is 6.77. The van der Waals surface area contributed by atoms with Crippen LogP contribution in [0.5, 0.6) is 5.75 Å². The van der Waals surface area contributed by atoms with Gasteiger partial charge in [-0.1, -0.05) is 51.3 Å². The molecule has 2 aromatic carbocycles. The molecule has 37 heavy (non-hydrogen) atoms. The smallest absolute Gasteiger partial charge is 0.200 e. The Morgan fingerprint density at radius 2 is 1.22 bits per heavy atom. The van der Waals surface area contributed by atoms with Gasteiger partial charge in [0.25, 0.3) is 0 Å². The first kappa shape index (κ1) is 28.0. The molecule has 2 saturated carbocycles. The molecule has 0 amide bonds. The summed E-state index contributed by atoms with van der Waals surface area (Å²) in [5.74, 6) is -2.13. The molecule has 2 aliphatic rings. The molecule has 204 valence electrons. The van der Waals surface area contributed by atoms with E-state index in [1.807, 2.05) is 6.92 Å². The maximum Gasteiger partial charge on any atom is 0.200 e. The van der Waals surface area contributed by atoms with Crippen molar-refractivity contribution in [1.82, 2.24) is 0 Å². The van der Waals surface area contributed by atoms with E-state index in [9.17, 15) is 17.6 Å². The molecule has 0 radical (unpaired) electrons. The quantitative estimate of drug-likeness (QED) is 0.284. The van der Waals surface area contributed by atoms with E-state index in [1.165, 1.54) is 12.8 Å². The van der Waals surface area contributed by atoms with Crippen molar-refractivity contribution in [2.24, 2.45) is 11.8 Å². The van der Waals surface area contributed by atoms with Gasteiger partial charge >= 0.3 is 0 Å². The Bertz CT molecular complexity index is 1020. The molecule has 4 rings (SSSR count). The van der Waals surface area contributed by atoms with E-state index in [4.69, 9.17) is 4.74 Å². The topological polar surface area (TPSA) is 9.23 Å². The first-order valence-electron chi connectivity index (χ1n) is 14.5. The third kappa shape index (κ3) is 6.70. The SMILES string of the molecule is CCCCc1ccc(C2CCC(COc3ccc(C4CCC(CCC)CC4)c(F)c3F)CC2)c(F)c1F. The minimum Gasteiger partial charge on any atom is -0.490 e. The van der Waals surface area contributed by atoms with Crippen molar-refractivity contribution in [3.05, 3.63) is 64.2 Å². The predicted molar refractivity (Wildman–Crippen MR) is 141 cm³/mol. The van der Waals surface area contributed by atoms with Crippen molar-refractivity contribution in [1.29, 1.82) is 0 Å². The first-order chi connectivity index (χ1) is 17.9. The molecule has 0 atom stereocenters. The normalized spacial score (nSPS) is 24.3. The lowest BCUT2D eigenvalue weighted by atomic mass is 9.77. The molecule has 0 aliphatic heterocycles. The van der Waals surface area contributed by atoms with Gasteiger partial charge in [0.2, 0.25) is 5.82 Å². The van der Waals surface area contributed by atoms with E-state index >= 15 is 0 Å². The van der Waals surface area contributed by atoms with Crippen molar-refractivity contribution < 1.29 is 22.3 Å². The molecule has 2 aromatic rings. The van der Waals surface area contributed by atoms with Gasteiger partial charge in [-0.25, -0.2) is 13.2 Å². The van der Waals surface area contributed by atoms with Gasteiger partial charge in [0.05, 0.1) is 6.61 Å². The highest BCUT2D eigenvalue weighted by Gasteiger charge is 2.29. The van der Waals surface area contributed by atoms with Gasteiger partial charge in [-0.3, -0.25) is 0 Å². The van der Waals surface area contributed by atoms with Crippen molar-refractivity contribution in [3.63, 3.8) is 0 Å². The number of unbranched alkanes of at least 4 members (excludes halogenated alkanes) is 1. The highest BCUT2D eigenvalue weighted by Crippen LogP contribution is 2.41. The third-order valence-corrected chi connectivity index (χ3v) is 8.81. The van der Waals surface area contributed by atoms with Gasteiger partial charge in [0.15, 0.2) is 23.2 Å². The van der Waals surface area contributed by atoms with Crippen LogP contribution in [-0.4, -0.2) is 6.61 Å². The van der Waals surface area contributed by atoms with Crippen LogP contribution in [-0.2, 0) is 6.42 Å². The second-order valence-electron chi connectivity index (χ2n) is 11.4. The fourth-order valence-corrected chi connectivity index (χ4v) is 6.47. The number of hydrogen-bond donors (Lipinski definition) is 0. The Hall–Kier alpha value is -2.04. The van der Waals surface area contributed by atoms with Crippen LogP contribution in [0.3, 0.4) is 0 Å². The number of aryl methyl sites for hydroxylation is 1. The van der Waals surface area contributed by atoms with Crippen LogP contribution in [0, 0.1) is 35.1 Å². The fourth-order valence-electron chi connectivity index (χ4n) is 6.47. The summed E-state index contributed by atoms with van der Waals surface area (Å²) >= 11 is 0. The highest BCUT2D eigenvalue weighted by molar-refractivity contribution is 5.33. The van der Waals surface area contributed by atoms with E-state index < -0.39 is 23.3 Å². The molecule has 0 unspecified atom stereocenters. The van der Waals surface area contributed by atoms with Crippen LogP contribution in [0.2, 0.25) is 0 Å². The Morgan fingerprint density at radius 3 is 1.81 bits per heavy atom. The molecule has 5 heteroatoms. The average molecular weight is 519 g/mol. The molecular formula is C32H42F4O. The molecule has 0 spiro atoms. The standard InChI is InChI=1S/C32H42F4O/c1-3-5-7-25-16-17-26(30(34)29(25)33)24-14-10-22(11-15-24)20-37-28-19-18-27(31(35)32(28)36)23-12-8-21(6-4-2)9-13-23/h16-19,21-24H,3-15,20H2,1-2H3. The van der Waals surface area contributed by atoms with Crippen molar-refractivity contribution in [3.8, 4) is 5.75 Å². The van der Waals surface area contributed by atoms with Crippen LogP contribution in [0.1, 0.15) is 119 Å². The van der Waals surface area contributed by atoms with Crippen LogP contribution in [0.4, 0.5) is 17.6 Å². The maximum atomic E-state index is 14.9. The number of benzene rings is 2. The van der Waals surface area contributed by atoms with Gasteiger partial charge in [0, 0.05) is 0 Å². The summed E-state index contributed by atoms with van der Waals surface area (Å²) in [7, 11) is 0. The summed E-state index contributed by atoms with van der Waals surface area (Å²) in [5.41, 5.74) is 1.40. The summed E-state index contributed by atoms with van der Waals surface area (Å²) in [6.45, 7) is 4.53. The molecule has 1 nitrogen and oxygen atoms in total. The van der Waals surface area contributed by atoms with E-state index in [0.29, 0.717) is 35.6 Å². The van der Waals surface area contributed by atoms with Crippen molar-refractivity contribution >= 4 is 0 Å². The van der Waals surface area contributed by atoms with Crippen LogP contribution >= 0.6 is 0 Å². The van der Waals surface area contributed by atoms with Crippen LogP contribution in [0.15, 0.2) is 24.3 Å². The molecule has 0 heterocycles. The molecule has 0 saturated heterocycles. The molecular weight excluding hydrogens is 476 g/mol. The number of hydrogen-bond acceptors (Lipinski definition) is 1. The molecule has 0 bridgehead atoms. The zero-order valence-corrected chi connectivity index (χ0v) is 22.4. The van der Waals surface area contributed by atoms with Crippen LogP contribution in [0.25, 0.3) is 0 Å². The molecule has 2 fully saturated rings. The summed E-state index contributed by atoms with van der Waals surface area (Å²) in [6.07, 6.45) is 11.8. The molecule has 2 aliphatic carbocycles. The Labute approximate surface area is 220 Å². The van der Waals surface area contributed by atoms with Gasteiger partial charge in [-0.2, -0.15) is 4.39 Å². The number of ether oxygens (including phenoxy) is 1. The van der Waals surface area contributed by atoms with Gasteiger partial charge < -0.3 is 4.74 Å². The molecule has 0 aromatic heterocycles. The van der Waals surface area contributed by atoms with Gasteiger partial charge in [-0.05, 0) is 111 Å². The lowest BCUT2D eigenvalue weighted by Gasteiger charge is -2.30. The number of rotatable bonds is 10. The Kier molecular flexibility index (Phi) is 9.95. The minimum absolute atomic E-state index is 0.0214. The summed E-state index contributed by atoms with van der Waals surface area (Å²) in [4.78, 5) is 0. The zero-order chi connectivity index (χ0) is 26.4. The van der Waals surface area contributed by atoms with E-state index in [2.05, 4.69) is 6.92 Å². The fraction of sp³-hybridized carbons (Fsp3) is 0.625. The second kappa shape index (κ2) is 13.2. The number of halogens is 4. The van der Waals surface area contributed by atoms with Gasteiger partial charge in [-0.15, -0.1) is 0 Å². The van der Waals surface area contributed by atoms with Gasteiger partial charge in [0.1, 0.15) is 0 Å². The zero-order valence-electron chi connectivity index (χ0n) is 22.4. The third-order valence-electron chi connectivity index (χ3n) is 8.81. The summed E-state index contributed by atoms with van der Waals surface area (Å²) < 4.78 is 64.8. The van der Waals surface area contributed by atoms with Crippen molar-refractivity contribution in [2.45, 2.75) is 109 Å². The lowest BCUT2D eigenvalue weighted by Crippen LogP contribution is -2.20. The average Bonchev–Trinajstić information content (AvgIpc) is 2.92. The van der Waals surface area contributed by atoms with E-state index in [0.717, 1.165) is 64.2 Å². The van der Waals surface area contributed by atoms with E-state index in [-0.39, 0.29) is 23.5 Å². The monoisotopic (exact) mass is 518 g/mol. The molecule has 0 N–H and O–H groups in total. The van der Waals surface area contributed by atoms with E-state index in [1.54, 1.807) is 24.3 Å². The highest BCUT2D eigenvalue weighted by atomic mass is 19.2. The minimum atomic E-state index is -0.887. The Balaban J connectivity index is 1.29. The lowest BCUT2D eigenvalue weighted by molar-refractivity contribution is 0.191.